The Morgan fingerprint density at radius 1 is 1.58 bits per heavy atom. The summed E-state index contributed by atoms with van der Waals surface area (Å²) in [5.41, 5.74) is 6.29. The highest BCUT2D eigenvalue weighted by Crippen LogP contribution is 2.03. The number of likely N-dealkylation sites (N-methyl/N-ethyl adjacent to an activating group) is 1. The van der Waals surface area contributed by atoms with Gasteiger partial charge in [0.15, 0.2) is 0 Å². The molecule has 1 aromatic rings. The highest BCUT2D eigenvalue weighted by Gasteiger charge is 2.10. The number of hydrogen-bond donors (Lipinski definition) is 2. The first-order valence-corrected chi connectivity index (χ1v) is 6.29. The van der Waals surface area contributed by atoms with Gasteiger partial charge in [0.05, 0.1) is 12.1 Å². The quantitative estimate of drug-likeness (QED) is 0.735. The number of nitrogens with zero attached hydrogens (tertiary/aromatic N) is 2. The van der Waals surface area contributed by atoms with Crippen molar-refractivity contribution in [3.63, 3.8) is 0 Å². The molecule has 0 aliphatic carbocycles. The minimum atomic E-state index is -0.202. The van der Waals surface area contributed by atoms with Gasteiger partial charge in [0.1, 0.15) is 5.69 Å². The van der Waals surface area contributed by atoms with E-state index in [2.05, 4.69) is 34.0 Å². The van der Waals surface area contributed by atoms with Crippen LogP contribution in [0.1, 0.15) is 23.0 Å². The molecule has 0 spiro atoms. The number of hydrogen-bond acceptors (Lipinski definition) is 4. The van der Waals surface area contributed by atoms with Gasteiger partial charge < -0.3 is 16.0 Å². The maximum Gasteiger partial charge on any atom is 0.271 e. The molecule has 1 rings (SSSR count). The third-order valence-electron chi connectivity index (χ3n) is 2.67. The van der Waals surface area contributed by atoms with Crippen LogP contribution in [0.4, 0.5) is 0 Å². The highest BCUT2D eigenvalue weighted by atomic mass is 16.1. The number of nitrogens with one attached hydrogen (secondary N) is 1. The van der Waals surface area contributed by atoms with E-state index in [4.69, 9.17) is 5.73 Å². The molecule has 0 saturated carbocycles. The molecule has 0 aliphatic rings. The third-order valence-corrected chi connectivity index (χ3v) is 2.67. The summed E-state index contributed by atoms with van der Waals surface area (Å²) in [7, 11) is 2.01. The number of carbonyl (C=O) groups is 1. The molecule has 0 aliphatic heterocycles. The average Bonchev–Trinajstić information content (AvgIpc) is 2.45. The molecule has 102 valence electrons. The molecule has 0 saturated heterocycles. The van der Waals surface area contributed by atoms with Crippen molar-refractivity contribution in [2.45, 2.75) is 6.92 Å². The smallest absolute Gasteiger partial charge is 0.271 e. The average molecular weight is 260 g/mol. The topological polar surface area (TPSA) is 71.2 Å². The molecule has 0 unspecified atom stereocenters. The normalized spacial score (nSPS) is 9.89. The summed E-state index contributed by atoms with van der Waals surface area (Å²) in [6.45, 7) is 4.67. The molecule has 0 atom stereocenters. The summed E-state index contributed by atoms with van der Waals surface area (Å²) in [5.74, 6) is 5.39. The van der Waals surface area contributed by atoms with Crippen molar-refractivity contribution >= 4 is 5.91 Å². The lowest BCUT2D eigenvalue weighted by Gasteiger charge is -2.14. The van der Waals surface area contributed by atoms with Crippen LogP contribution in [-0.2, 0) is 0 Å². The SMILES string of the molecule is CCN(C)CCNC(=O)c1ncccc1C#CCN. The second-order valence-corrected chi connectivity index (χ2v) is 4.06. The maximum atomic E-state index is 12.0. The molecule has 5 nitrogen and oxygen atoms in total. The van der Waals surface area contributed by atoms with Crippen LogP contribution >= 0.6 is 0 Å². The summed E-state index contributed by atoms with van der Waals surface area (Å²) in [4.78, 5) is 18.2. The Morgan fingerprint density at radius 2 is 2.37 bits per heavy atom. The standard InChI is InChI=1S/C14H20N4O/c1-3-18(2)11-10-17-14(19)13-12(6-4-8-15)7-5-9-16-13/h5,7,9H,3,8,10-11,15H2,1-2H3,(H,17,19). The maximum absolute atomic E-state index is 12.0. The molecule has 3 N–H and O–H groups in total. The predicted octanol–water partition coefficient (Wildman–Crippen LogP) is 0.0733. The van der Waals surface area contributed by atoms with E-state index in [-0.39, 0.29) is 12.5 Å². The van der Waals surface area contributed by atoms with Crippen molar-refractivity contribution in [1.82, 2.24) is 15.2 Å². The van der Waals surface area contributed by atoms with Crippen molar-refractivity contribution in [2.24, 2.45) is 5.73 Å². The third kappa shape index (κ3) is 5.08. The van der Waals surface area contributed by atoms with Gasteiger partial charge in [-0.15, -0.1) is 0 Å². The van der Waals surface area contributed by atoms with E-state index in [0.717, 1.165) is 13.1 Å². The van der Waals surface area contributed by atoms with Gasteiger partial charge in [0.2, 0.25) is 0 Å². The first-order chi connectivity index (χ1) is 9.19. The van der Waals surface area contributed by atoms with Crippen molar-refractivity contribution in [2.75, 3.05) is 33.2 Å². The molecular weight excluding hydrogens is 240 g/mol. The summed E-state index contributed by atoms with van der Waals surface area (Å²) in [5, 5.41) is 2.84. The zero-order valence-electron chi connectivity index (χ0n) is 11.4. The summed E-state index contributed by atoms with van der Waals surface area (Å²) in [6, 6.07) is 3.52. The second kappa shape index (κ2) is 8.25. The van der Waals surface area contributed by atoms with E-state index in [9.17, 15) is 4.79 Å². The molecule has 19 heavy (non-hydrogen) atoms. The molecular formula is C14H20N4O. The summed E-state index contributed by atoms with van der Waals surface area (Å²) < 4.78 is 0. The van der Waals surface area contributed by atoms with Crippen molar-refractivity contribution < 1.29 is 4.79 Å². The summed E-state index contributed by atoms with van der Waals surface area (Å²) >= 11 is 0. The fourth-order valence-electron chi connectivity index (χ4n) is 1.44. The van der Waals surface area contributed by atoms with E-state index >= 15 is 0 Å². The van der Waals surface area contributed by atoms with Gasteiger partial charge in [-0.2, -0.15) is 0 Å². The molecule has 1 heterocycles. The number of carbonyl (C=O) groups excluding carboxylic acids is 1. The first-order valence-electron chi connectivity index (χ1n) is 6.29. The molecule has 1 amide bonds. The lowest BCUT2D eigenvalue weighted by molar-refractivity contribution is 0.0945. The van der Waals surface area contributed by atoms with Crippen LogP contribution in [0.2, 0.25) is 0 Å². The van der Waals surface area contributed by atoms with Gasteiger partial charge in [0, 0.05) is 19.3 Å². The lowest BCUT2D eigenvalue weighted by atomic mass is 10.2. The zero-order valence-corrected chi connectivity index (χ0v) is 11.4. The van der Waals surface area contributed by atoms with E-state index in [1.165, 1.54) is 0 Å². The molecule has 1 aromatic heterocycles. The number of nitrogens with two attached hydrogens (primary N) is 1. The van der Waals surface area contributed by atoms with Crippen LogP contribution in [0.5, 0.6) is 0 Å². The zero-order chi connectivity index (χ0) is 14.1. The molecule has 0 fully saturated rings. The van der Waals surface area contributed by atoms with Gasteiger partial charge in [-0.05, 0) is 25.7 Å². The molecule has 0 radical (unpaired) electrons. The molecule has 0 bridgehead atoms. The number of rotatable bonds is 5. The van der Waals surface area contributed by atoms with Crippen LogP contribution in [0, 0.1) is 11.8 Å². The van der Waals surface area contributed by atoms with E-state index < -0.39 is 0 Å². The van der Waals surface area contributed by atoms with Crippen LogP contribution in [0.25, 0.3) is 0 Å². The molecule has 0 aromatic carbocycles. The van der Waals surface area contributed by atoms with Crippen molar-refractivity contribution in [1.29, 1.82) is 0 Å². The Morgan fingerprint density at radius 3 is 3.05 bits per heavy atom. The number of amides is 1. The summed E-state index contributed by atoms with van der Waals surface area (Å²) in [6.07, 6.45) is 1.58. The van der Waals surface area contributed by atoms with Crippen LogP contribution in [0.15, 0.2) is 18.3 Å². The number of pyridine rings is 1. The Hall–Kier alpha value is -1.90. The van der Waals surface area contributed by atoms with E-state index in [1.807, 2.05) is 7.05 Å². The van der Waals surface area contributed by atoms with E-state index in [1.54, 1.807) is 18.3 Å². The second-order valence-electron chi connectivity index (χ2n) is 4.06. The lowest BCUT2D eigenvalue weighted by Crippen LogP contribution is -2.33. The first kappa shape index (κ1) is 15.2. The number of aromatic nitrogens is 1. The van der Waals surface area contributed by atoms with Gasteiger partial charge in [-0.3, -0.25) is 4.79 Å². The Bertz CT molecular complexity index is 476. The predicted molar refractivity (Wildman–Crippen MR) is 75.7 cm³/mol. The Labute approximate surface area is 114 Å². The van der Waals surface area contributed by atoms with Gasteiger partial charge in [-0.25, -0.2) is 4.98 Å². The monoisotopic (exact) mass is 260 g/mol. The minimum Gasteiger partial charge on any atom is -0.349 e. The van der Waals surface area contributed by atoms with Crippen LogP contribution in [-0.4, -0.2) is 49.0 Å². The fourth-order valence-corrected chi connectivity index (χ4v) is 1.44. The Kier molecular flexibility index (Phi) is 6.58. The van der Waals surface area contributed by atoms with Gasteiger partial charge >= 0.3 is 0 Å². The fraction of sp³-hybridized carbons (Fsp3) is 0.429. The Balaban J connectivity index is 2.66. The van der Waals surface area contributed by atoms with Crippen LogP contribution < -0.4 is 11.1 Å². The van der Waals surface area contributed by atoms with E-state index in [0.29, 0.717) is 17.8 Å². The van der Waals surface area contributed by atoms with Crippen molar-refractivity contribution in [3.05, 3.63) is 29.6 Å². The van der Waals surface area contributed by atoms with Gasteiger partial charge in [0.25, 0.3) is 5.91 Å². The highest BCUT2D eigenvalue weighted by molar-refractivity contribution is 5.94. The van der Waals surface area contributed by atoms with Crippen LogP contribution in [0.3, 0.4) is 0 Å². The minimum absolute atomic E-state index is 0.202. The van der Waals surface area contributed by atoms with Crippen molar-refractivity contribution in [3.8, 4) is 11.8 Å². The largest absolute Gasteiger partial charge is 0.349 e. The molecule has 5 heteroatoms. The van der Waals surface area contributed by atoms with Gasteiger partial charge in [-0.1, -0.05) is 18.8 Å².